The van der Waals surface area contributed by atoms with Crippen LogP contribution >= 0.6 is 0 Å². The van der Waals surface area contributed by atoms with Gasteiger partial charge in [0.1, 0.15) is 0 Å². The summed E-state index contributed by atoms with van der Waals surface area (Å²) in [6.07, 6.45) is 1.60. The van der Waals surface area contributed by atoms with Crippen LogP contribution in [0, 0.1) is 0 Å². The molecule has 3 aromatic rings. The predicted octanol–water partition coefficient (Wildman–Crippen LogP) is 3.87. The van der Waals surface area contributed by atoms with Crippen LogP contribution < -0.4 is 5.73 Å². The summed E-state index contributed by atoms with van der Waals surface area (Å²) in [5, 5.41) is 2.23. The van der Waals surface area contributed by atoms with Gasteiger partial charge in [-0.25, -0.2) is 0 Å². The SMILES string of the molecule is CN(C(=O)c1ccc2ccccc2c1)[C@H](CCN)Cc1ccccc1. The van der Waals surface area contributed by atoms with Gasteiger partial charge in [-0.15, -0.1) is 0 Å². The zero-order valence-corrected chi connectivity index (χ0v) is 14.6. The van der Waals surface area contributed by atoms with Crippen molar-refractivity contribution in [3.05, 3.63) is 83.9 Å². The summed E-state index contributed by atoms with van der Waals surface area (Å²) in [4.78, 5) is 14.8. The maximum Gasteiger partial charge on any atom is 0.253 e. The van der Waals surface area contributed by atoms with E-state index in [1.807, 2.05) is 66.5 Å². The molecule has 3 rings (SSSR count). The molecule has 0 aliphatic rings. The second kappa shape index (κ2) is 7.95. The van der Waals surface area contributed by atoms with E-state index in [0.29, 0.717) is 6.54 Å². The summed E-state index contributed by atoms with van der Waals surface area (Å²) in [5.74, 6) is 0.0418. The van der Waals surface area contributed by atoms with E-state index in [2.05, 4.69) is 18.2 Å². The Morgan fingerprint density at radius 3 is 2.36 bits per heavy atom. The number of likely N-dealkylation sites (N-methyl/N-ethyl adjacent to an activating group) is 1. The molecule has 0 fully saturated rings. The van der Waals surface area contributed by atoms with Gasteiger partial charge in [0.15, 0.2) is 0 Å². The molecule has 3 aromatic carbocycles. The molecule has 0 spiro atoms. The van der Waals surface area contributed by atoms with Crippen LogP contribution in [0.2, 0.25) is 0 Å². The summed E-state index contributed by atoms with van der Waals surface area (Å²) in [6.45, 7) is 0.562. The highest BCUT2D eigenvalue weighted by Gasteiger charge is 2.21. The molecule has 3 nitrogen and oxygen atoms in total. The normalized spacial score (nSPS) is 12.1. The van der Waals surface area contributed by atoms with Gasteiger partial charge in [0.05, 0.1) is 0 Å². The maximum atomic E-state index is 13.0. The number of hydrogen-bond donors (Lipinski definition) is 1. The van der Waals surface area contributed by atoms with Crippen molar-refractivity contribution in [2.24, 2.45) is 5.73 Å². The van der Waals surface area contributed by atoms with Crippen molar-refractivity contribution < 1.29 is 4.79 Å². The fraction of sp³-hybridized carbons (Fsp3) is 0.227. The van der Waals surface area contributed by atoms with Gasteiger partial charge < -0.3 is 10.6 Å². The first-order valence-corrected chi connectivity index (χ1v) is 8.69. The monoisotopic (exact) mass is 332 g/mol. The van der Waals surface area contributed by atoms with Gasteiger partial charge in [-0.05, 0) is 47.9 Å². The number of rotatable bonds is 6. The minimum absolute atomic E-state index is 0.0418. The van der Waals surface area contributed by atoms with Crippen molar-refractivity contribution in [1.82, 2.24) is 4.90 Å². The summed E-state index contributed by atoms with van der Waals surface area (Å²) >= 11 is 0. The Morgan fingerprint density at radius 2 is 1.64 bits per heavy atom. The number of fused-ring (bicyclic) bond motifs is 1. The van der Waals surface area contributed by atoms with Gasteiger partial charge >= 0.3 is 0 Å². The first kappa shape index (κ1) is 17.2. The molecular formula is C22H24N2O. The molecule has 0 aromatic heterocycles. The first-order valence-electron chi connectivity index (χ1n) is 8.69. The van der Waals surface area contributed by atoms with Crippen molar-refractivity contribution in [2.45, 2.75) is 18.9 Å². The van der Waals surface area contributed by atoms with Crippen molar-refractivity contribution in [3.8, 4) is 0 Å². The number of carbonyl (C=O) groups is 1. The van der Waals surface area contributed by atoms with E-state index in [1.54, 1.807) is 0 Å². The van der Waals surface area contributed by atoms with E-state index in [1.165, 1.54) is 5.56 Å². The number of nitrogens with zero attached hydrogens (tertiary/aromatic N) is 1. The third kappa shape index (κ3) is 4.06. The van der Waals surface area contributed by atoms with Crippen LogP contribution in [0.15, 0.2) is 72.8 Å². The van der Waals surface area contributed by atoms with Gasteiger partial charge in [0.2, 0.25) is 0 Å². The van der Waals surface area contributed by atoms with Crippen LogP contribution in [0.3, 0.4) is 0 Å². The summed E-state index contributed by atoms with van der Waals surface area (Å²) < 4.78 is 0. The Bertz CT molecular complexity index is 845. The highest BCUT2D eigenvalue weighted by molar-refractivity contribution is 5.98. The zero-order chi connectivity index (χ0) is 17.6. The van der Waals surface area contributed by atoms with Crippen molar-refractivity contribution in [2.75, 3.05) is 13.6 Å². The summed E-state index contributed by atoms with van der Waals surface area (Å²) in [7, 11) is 1.88. The number of hydrogen-bond acceptors (Lipinski definition) is 2. The topological polar surface area (TPSA) is 46.3 Å². The van der Waals surface area contributed by atoms with Crippen molar-refractivity contribution in [1.29, 1.82) is 0 Å². The summed E-state index contributed by atoms with van der Waals surface area (Å²) in [5.41, 5.74) is 7.74. The Labute approximate surface area is 149 Å². The largest absolute Gasteiger partial charge is 0.338 e. The number of amides is 1. The molecular weight excluding hydrogens is 308 g/mol. The molecule has 0 saturated heterocycles. The van der Waals surface area contributed by atoms with Crippen LogP contribution in [0.1, 0.15) is 22.3 Å². The lowest BCUT2D eigenvalue weighted by Gasteiger charge is -2.28. The van der Waals surface area contributed by atoms with Gasteiger partial charge in [-0.3, -0.25) is 4.79 Å². The van der Waals surface area contributed by atoms with Crippen molar-refractivity contribution in [3.63, 3.8) is 0 Å². The molecule has 0 saturated carbocycles. The van der Waals surface area contributed by atoms with Crippen LogP contribution in [-0.2, 0) is 6.42 Å². The maximum absolute atomic E-state index is 13.0. The van der Waals surface area contributed by atoms with Crippen LogP contribution in [0.25, 0.3) is 10.8 Å². The van der Waals surface area contributed by atoms with E-state index in [-0.39, 0.29) is 11.9 Å². The van der Waals surface area contributed by atoms with Crippen LogP contribution in [-0.4, -0.2) is 30.4 Å². The molecule has 1 amide bonds. The smallest absolute Gasteiger partial charge is 0.253 e. The van der Waals surface area contributed by atoms with E-state index < -0.39 is 0 Å². The fourth-order valence-corrected chi connectivity index (χ4v) is 3.20. The third-order valence-electron chi connectivity index (χ3n) is 4.68. The quantitative estimate of drug-likeness (QED) is 0.745. The van der Waals surface area contributed by atoms with E-state index in [0.717, 1.165) is 29.2 Å². The molecule has 2 N–H and O–H groups in total. The second-order valence-electron chi connectivity index (χ2n) is 6.40. The molecule has 0 bridgehead atoms. The molecule has 3 heteroatoms. The minimum Gasteiger partial charge on any atom is -0.338 e. The van der Waals surface area contributed by atoms with Gasteiger partial charge in [0.25, 0.3) is 5.91 Å². The molecule has 25 heavy (non-hydrogen) atoms. The highest BCUT2D eigenvalue weighted by Crippen LogP contribution is 2.19. The summed E-state index contributed by atoms with van der Waals surface area (Å²) in [6, 6.07) is 24.3. The molecule has 0 radical (unpaired) electrons. The number of nitrogens with two attached hydrogens (primary N) is 1. The molecule has 128 valence electrons. The molecule has 1 atom stereocenters. The lowest BCUT2D eigenvalue weighted by Crippen LogP contribution is -2.39. The lowest BCUT2D eigenvalue weighted by atomic mass is 10.0. The Kier molecular flexibility index (Phi) is 5.46. The predicted molar refractivity (Wildman–Crippen MR) is 104 cm³/mol. The standard InChI is InChI=1S/C22H24N2O/c1-24(21(13-14-23)15-17-7-3-2-4-8-17)22(25)20-12-11-18-9-5-6-10-19(18)16-20/h2-12,16,21H,13-15,23H2,1H3/t21-/m1/s1. The number of benzene rings is 3. The molecule has 0 heterocycles. The molecule has 0 aliphatic heterocycles. The van der Waals surface area contributed by atoms with E-state index >= 15 is 0 Å². The Hall–Kier alpha value is -2.65. The van der Waals surface area contributed by atoms with Crippen LogP contribution in [0.5, 0.6) is 0 Å². The first-order chi connectivity index (χ1) is 12.2. The Balaban J connectivity index is 1.82. The van der Waals surface area contributed by atoms with Crippen molar-refractivity contribution >= 4 is 16.7 Å². The zero-order valence-electron chi connectivity index (χ0n) is 14.6. The molecule has 0 aliphatic carbocycles. The average molecular weight is 332 g/mol. The van der Waals surface area contributed by atoms with Crippen LogP contribution in [0.4, 0.5) is 0 Å². The average Bonchev–Trinajstić information content (AvgIpc) is 2.67. The van der Waals surface area contributed by atoms with E-state index in [4.69, 9.17) is 5.73 Å². The second-order valence-corrected chi connectivity index (χ2v) is 6.40. The van der Waals surface area contributed by atoms with Gasteiger partial charge in [0, 0.05) is 18.7 Å². The Morgan fingerprint density at radius 1 is 0.960 bits per heavy atom. The highest BCUT2D eigenvalue weighted by atomic mass is 16.2. The lowest BCUT2D eigenvalue weighted by molar-refractivity contribution is 0.0725. The third-order valence-corrected chi connectivity index (χ3v) is 4.68. The fourth-order valence-electron chi connectivity index (χ4n) is 3.20. The minimum atomic E-state index is 0.0418. The van der Waals surface area contributed by atoms with E-state index in [9.17, 15) is 4.79 Å². The van der Waals surface area contributed by atoms with Gasteiger partial charge in [-0.1, -0.05) is 60.7 Å². The van der Waals surface area contributed by atoms with Gasteiger partial charge in [-0.2, -0.15) is 0 Å². The molecule has 0 unspecified atom stereocenters. The number of carbonyl (C=O) groups excluding carboxylic acids is 1.